The van der Waals surface area contributed by atoms with E-state index in [0.717, 1.165) is 30.0 Å². The van der Waals surface area contributed by atoms with Crippen molar-refractivity contribution in [2.45, 2.75) is 37.5 Å². The molecular weight excluding hydrogens is 286 g/mol. The maximum atomic E-state index is 12.7. The average Bonchev–Trinajstić information content (AvgIpc) is 3.07. The number of carbonyl (C=O) groups is 1. The summed E-state index contributed by atoms with van der Waals surface area (Å²) in [4.78, 5) is 12.7. The van der Waals surface area contributed by atoms with Crippen molar-refractivity contribution in [3.8, 4) is 0 Å². The van der Waals surface area contributed by atoms with Gasteiger partial charge in [-0.15, -0.1) is 0 Å². The fourth-order valence-corrected chi connectivity index (χ4v) is 5.74. The second kappa shape index (κ2) is 4.32. The van der Waals surface area contributed by atoms with Crippen LogP contribution >= 0.6 is 0 Å². The Morgan fingerprint density at radius 3 is 2.81 bits per heavy atom. The van der Waals surface area contributed by atoms with Gasteiger partial charge in [0.1, 0.15) is 0 Å². The van der Waals surface area contributed by atoms with Crippen molar-refractivity contribution in [3.63, 3.8) is 0 Å². The van der Waals surface area contributed by atoms with Gasteiger partial charge in [0.15, 0.2) is 0 Å². The summed E-state index contributed by atoms with van der Waals surface area (Å²) in [6.45, 7) is 0.370. The van der Waals surface area contributed by atoms with Crippen LogP contribution in [0.1, 0.15) is 36.8 Å². The number of aryl methyl sites for hydroxylation is 1. The highest BCUT2D eigenvalue weighted by Crippen LogP contribution is 2.61. The SMILES string of the molecule is O=C([C@H]1C[C@@]12CCCc1ccccc12)N1CCCS1(=O)=O. The van der Waals surface area contributed by atoms with Crippen LogP contribution in [0.2, 0.25) is 0 Å². The summed E-state index contributed by atoms with van der Waals surface area (Å²) in [5.74, 6) is -0.175. The molecule has 3 aliphatic rings. The van der Waals surface area contributed by atoms with Gasteiger partial charge < -0.3 is 0 Å². The molecule has 2 fully saturated rings. The molecule has 2 aliphatic carbocycles. The minimum atomic E-state index is -3.34. The molecule has 1 spiro atoms. The van der Waals surface area contributed by atoms with Gasteiger partial charge >= 0.3 is 0 Å². The minimum absolute atomic E-state index is 0.0793. The van der Waals surface area contributed by atoms with Crippen LogP contribution < -0.4 is 0 Å². The third kappa shape index (κ3) is 1.86. The molecule has 1 amide bonds. The number of rotatable bonds is 1. The molecular formula is C16H19NO3S. The largest absolute Gasteiger partial charge is 0.273 e. The molecule has 0 unspecified atom stereocenters. The van der Waals surface area contributed by atoms with Gasteiger partial charge in [-0.05, 0) is 43.2 Å². The second-order valence-electron chi connectivity index (χ2n) is 6.50. The van der Waals surface area contributed by atoms with E-state index in [1.165, 1.54) is 11.1 Å². The Labute approximate surface area is 125 Å². The van der Waals surface area contributed by atoms with Crippen LogP contribution in [0.4, 0.5) is 0 Å². The fourth-order valence-electron chi connectivity index (χ4n) is 4.22. The number of amides is 1. The fraction of sp³-hybridized carbons (Fsp3) is 0.562. The van der Waals surface area contributed by atoms with Gasteiger partial charge in [0.2, 0.25) is 15.9 Å². The topological polar surface area (TPSA) is 54.5 Å². The number of hydrogen-bond acceptors (Lipinski definition) is 3. The van der Waals surface area contributed by atoms with E-state index in [0.29, 0.717) is 13.0 Å². The highest BCUT2D eigenvalue weighted by molar-refractivity contribution is 7.89. The minimum Gasteiger partial charge on any atom is -0.273 e. The molecule has 4 rings (SSSR count). The summed E-state index contributed by atoms with van der Waals surface area (Å²) in [5, 5.41) is 0. The van der Waals surface area contributed by atoms with Crippen LogP contribution in [0.15, 0.2) is 24.3 Å². The van der Waals surface area contributed by atoms with E-state index in [2.05, 4.69) is 12.1 Å². The number of sulfonamides is 1. The molecule has 1 aromatic carbocycles. The van der Waals surface area contributed by atoms with E-state index in [-0.39, 0.29) is 23.0 Å². The molecule has 0 aromatic heterocycles. The number of carbonyl (C=O) groups excluding carboxylic acids is 1. The van der Waals surface area contributed by atoms with E-state index in [1.54, 1.807) is 0 Å². The monoisotopic (exact) mass is 305 g/mol. The van der Waals surface area contributed by atoms with Gasteiger partial charge in [-0.25, -0.2) is 12.7 Å². The maximum absolute atomic E-state index is 12.7. The molecule has 0 bridgehead atoms. The van der Waals surface area contributed by atoms with E-state index in [1.807, 2.05) is 12.1 Å². The zero-order chi connectivity index (χ0) is 14.7. The second-order valence-corrected chi connectivity index (χ2v) is 8.52. The van der Waals surface area contributed by atoms with Gasteiger partial charge in [0.05, 0.1) is 5.75 Å². The molecule has 0 radical (unpaired) electrons. The average molecular weight is 305 g/mol. The Morgan fingerprint density at radius 2 is 2.05 bits per heavy atom. The van der Waals surface area contributed by atoms with Crippen LogP contribution in [0.5, 0.6) is 0 Å². The molecule has 112 valence electrons. The summed E-state index contributed by atoms with van der Waals surface area (Å²) < 4.78 is 25.1. The van der Waals surface area contributed by atoms with Crippen molar-refractivity contribution >= 4 is 15.9 Å². The van der Waals surface area contributed by atoms with E-state index < -0.39 is 10.0 Å². The number of fused-ring (bicyclic) bond motifs is 2. The first-order valence-corrected chi connectivity index (χ1v) is 9.28. The molecule has 1 heterocycles. The van der Waals surface area contributed by atoms with Gasteiger partial charge in [-0.3, -0.25) is 4.79 Å². The van der Waals surface area contributed by atoms with Crippen molar-refractivity contribution in [1.82, 2.24) is 4.31 Å². The van der Waals surface area contributed by atoms with Crippen LogP contribution in [0.25, 0.3) is 0 Å². The van der Waals surface area contributed by atoms with Crippen molar-refractivity contribution in [2.24, 2.45) is 5.92 Å². The lowest BCUT2D eigenvalue weighted by atomic mass is 9.78. The predicted molar refractivity (Wildman–Crippen MR) is 79.3 cm³/mol. The lowest BCUT2D eigenvalue weighted by Crippen LogP contribution is -2.36. The summed E-state index contributed by atoms with van der Waals surface area (Å²) in [6.07, 6.45) is 4.56. The summed E-state index contributed by atoms with van der Waals surface area (Å²) >= 11 is 0. The summed E-state index contributed by atoms with van der Waals surface area (Å²) in [6, 6.07) is 8.34. The molecule has 5 heteroatoms. The third-order valence-corrected chi connectivity index (χ3v) is 7.18. The Kier molecular flexibility index (Phi) is 2.74. The first kappa shape index (κ1) is 13.3. The molecule has 1 aromatic rings. The number of benzene rings is 1. The molecule has 1 aliphatic heterocycles. The molecule has 1 saturated carbocycles. The van der Waals surface area contributed by atoms with Gasteiger partial charge in [0.25, 0.3) is 0 Å². The van der Waals surface area contributed by atoms with Gasteiger partial charge in [0, 0.05) is 17.9 Å². The van der Waals surface area contributed by atoms with E-state index >= 15 is 0 Å². The van der Waals surface area contributed by atoms with Crippen molar-refractivity contribution in [1.29, 1.82) is 0 Å². The quantitative estimate of drug-likeness (QED) is 0.795. The zero-order valence-electron chi connectivity index (χ0n) is 11.9. The molecule has 4 nitrogen and oxygen atoms in total. The highest BCUT2D eigenvalue weighted by Gasteiger charge is 2.62. The standard InChI is InChI=1S/C16H19NO3S/c18-15(17-9-4-10-21(17,19)20)14-11-16(14)8-3-6-12-5-1-2-7-13(12)16/h1-2,5,7,14H,3-4,6,8-11H2/t14-,16-/m1/s1. The first-order chi connectivity index (χ1) is 10.0. The van der Waals surface area contributed by atoms with Crippen LogP contribution in [0, 0.1) is 5.92 Å². The van der Waals surface area contributed by atoms with E-state index in [4.69, 9.17) is 0 Å². The smallest absolute Gasteiger partial charge is 0.240 e. The highest BCUT2D eigenvalue weighted by atomic mass is 32.2. The van der Waals surface area contributed by atoms with Crippen LogP contribution in [0.3, 0.4) is 0 Å². The van der Waals surface area contributed by atoms with Crippen molar-refractivity contribution in [2.75, 3.05) is 12.3 Å². The molecule has 21 heavy (non-hydrogen) atoms. The Morgan fingerprint density at radius 1 is 1.24 bits per heavy atom. The lowest BCUT2D eigenvalue weighted by Gasteiger charge is -2.27. The summed E-state index contributed by atoms with van der Waals surface area (Å²) in [7, 11) is -3.34. The van der Waals surface area contributed by atoms with Crippen molar-refractivity contribution in [3.05, 3.63) is 35.4 Å². The van der Waals surface area contributed by atoms with Crippen LogP contribution in [-0.4, -0.2) is 30.9 Å². The molecule has 0 N–H and O–H groups in total. The zero-order valence-corrected chi connectivity index (χ0v) is 12.7. The number of hydrogen-bond donors (Lipinski definition) is 0. The predicted octanol–water partition coefficient (Wildman–Crippen LogP) is 1.84. The third-order valence-electron chi connectivity index (χ3n) is 5.34. The summed E-state index contributed by atoms with van der Waals surface area (Å²) in [5.41, 5.74) is 2.54. The normalized spacial score (nSPS) is 33.0. The molecule has 1 saturated heterocycles. The van der Waals surface area contributed by atoms with Gasteiger partial charge in [-0.2, -0.15) is 0 Å². The Balaban J connectivity index is 1.65. The number of nitrogens with zero attached hydrogens (tertiary/aromatic N) is 1. The van der Waals surface area contributed by atoms with Crippen LogP contribution in [-0.2, 0) is 26.7 Å². The molecule has 2 atom stereocenters. The van der Waals surface area contributed by atoms with Gasteiger partial charge in [-0.1, -0.05) is 24.3 Å². The maximum Gasteiger partial charge on any atom is 0.240 e. The first-order valence-electron chi connectivity index (χ1n) is 7.67. The Bertz CT molecular complexity index is 712. The van der Waals surface area contributed by atoms with E-state index in [9.17, 15) is 13.2 Å². The van der Waals surface area contributed by atoms with Crippen molar-refractivity contribution < 1.29 is 13.2 Å². The lowest BCUT2D eigenvalue weighted by molar-refractivity contribution is -0.128. The Hall–Kier alpha value is -1.36.